The first-order valence-corrected chi connectivity index (χ1v) is 13.8. The van der Waals surface area contributed by atoms with Crippen LogP contribution in [-0.4, -0.2) is 70.4 Å². The number of nitrogens with one attached hydrogen (secondary N) is 4. The second kappa shape index (κ2) is 8.83. The van der Waals surface area contributed by atoms with Crippen molar-refractivity contribution < 1.29 is 8.42 Å². The smallest absolute Gasteiger partial charge is 0.282 e. The van der Waals surface area contributed by atoms with Crippen molar-refractivity contribution in [1.29, 1.82) is 5.26 Å². The van der Waals surface area contributed by atoms with E-state index in [0.717, 1.165) is 54.6 Å². The topological polar surface area (TPSA) is 138 Å². The molecule has 0 saturated carbocycles. The minimum atomic E-state index is -3.52. The molecule has 4 fully saturated rings. The highest BCUT2D eigenvalue weighted by molar-refractivity contribution is 7.86. The minimum Gasteiger partial charge on any atom is -0.367 e. The van der Waals surface area contributed by atoms with Crippen LogP contribution in [0.4, 0.5) is 11.6 Å². The van der Waals surface area contributed by atoms with E-state index in [2.05, 4.69) is 39.5 Å². The summed E-state index contributed by atoms with van der Waals surface area (Å²) in [7, 11) is -3.52. The Labute approximate surface area is 205 Å². The van der Waals surface area contributed by atoms with Gasteiger partial charge in [-0.25, -0.2) is 10.4 Å². The Balaban J connectivity index is 1.20. The number of hydrogen-bond acceptors (Lipinski definition) is 9. The number of nitrogens with zero attached hydrogens (tertiary/aromatic N) is 5. The highest BCUT2D eigenvalue weighted by atomic mass is 32.2. The Morgan fingerprint density at radius 3 is 2.60 bits per heavy atom. The molecular formula is C23H31N9O2S. The second-order valence-corrected chi connectivity index (χ2v) is 12.1. The quantitative estimate of drug-likeness (QED) is 0.466. The lowest BCUT2D eigenvalue weighted by Crippen LogP contribution is -2.59. The zero-order chi connectivity index (χ0) is 24.2. The first kappa shape index (κ1) is 22.9. The molecule has 4 aliphatic heterocycles. The highest BCUT2D eigenvalue weighted by Gasteiger charge is 2.51. The summed E-state index contributed by atoms with van der Waals surface area (Å²) in [5, 5.41) is 17.1. The molecule has 6 heterocycles. The number of fused-ring (bicyclic) bond motifs is 3. The molecule has 12 heteroatoms. The van der Waals surface area contributed by atoms with E-state index in [9.17, 15) is 8.42 Å². The van der Waals surface area contributed by atoms with E-state index in [0.29, 0.717) is 19.1 Å². The zero-order valence-corrected chi connectivity index (χ0v) is 20.5. The van der Waals surface area contributed by atoms with Crippen LogP contribution in [0.2, 0.25) is 0 Å². The Bertz CT molecular complexity index is 1250. The van der Waals surface area contributed by atoms with E-state index in [4.69, 9.17) is 10.2 Å². The van der Waals surface area contributed by atoms with Crippen LogP contribution in [0.5, 0.6) is 0 Å². The van der Waals surface area contributed by atoms with Gasteiger partial charge in [0.25, 0.3) is 10.2 Å². The molecule has 0 aromatic carbocycles. The maximum Gasteiger partial charge on any atom is 0.282 e. The van der Waals surface area contributed by atoms with Gasteiger partial charge in [0.05, 0.1) is 23.7 Å². The average Bonchev–Trinajstić information content (AvgIpc) is 3.33. The molecule has 0 amide bonds. The molecule has 5 atom stereocenters. The van der Waals surface area contributed by atoms with Crippen molar-refractivity contribution in [2.24, 2.45) is 5.92 Å². The Hall–Kier alpha value is -2.56. The summed E-state index contributed by atoms with van der Waals surface area (Å²) in [5.41, 5.74) is 7.32. The Kier molecular flexibility index (Phi) is 5.77. The van der Waals surface area contributed by atoms with Gasteiger partial charge in [-0.1, -0.05) is 0 Å². The molecule has 4 saturated heterocycles. The molecule has 4 N–H and O–H groups in total. The molecule has 186 valence electrons. The monoisotopic (exact) mass is 497 g/mol. The van der Waals surface area contributed by atoms with Gasteiger partial charge in [-0.15, -0.1) is 0 Å². The highest BCUT2D eigenvalue weighted by Crippen LogP contribution is 2.41. The number of rotatable bonds is 6. The third kappa shape index (κ3) is 4.21. The summed E-state index contributed by atoms with van der Waals surface area (Å²) in [4.78, 5) is 9.44. The van der Waals surface area contributed by atoms with Gasteiger partial charge in [0.1, 0.15) is 11.6 Å². The van der Waals surface area contributed by atoms with E-state index < -0.39 is 10.2 Å². The van der Waals surface area contributed by atoms with Crippen LogP contribution in [0.1, 0.15) is 39.0 Å². The molecular weight excluding hydrogens is 466 g/mol. The summed E-state index contributed by atoms with van der Waals surface area (Å²) in [6.45, 7) is 2.74. The maximum absolute atomic E-state index is 13.2. The molecule has 3 unspecified atom stereocenters. The number of hydrogen-bond donors (Lipinski definition) is 4. The van der Waals surface area contributed by atoms with Gasteiger partial charge in [0.15, 0.2) is 0 Å². The summed E-state index contributed by atoms with van der Waals surface area (Å²) in [5.74, 6) is 1.34. The van der Waals surface area contributed by atoms with E-state index >= 15 is 0 Å². The van der Waals surface area contributed by atoms with Crippen molar-refractivity contribution in [2.75, 3.05) is 23.7 Å². The van der Waals surface area contributed by atoms with Crippen molar-refractivity contribution in [1.82, 2.24) is 29.4 Å². The number of aromatic nitrogens is 2. The number of pyridine rings is 2. The first-order chi connectivity index (χ1) is 16.9. The third-order valence-electron chi connectivity index (χ3n) is 7.64. The fraction of sp³-hybridized carbons (Fsp3) is 0.609. The van der Waals surface area contributed by atoms with Gasteiger partial charge in [-0.05, 0) is 51.2 Å². The fourth-order valence-electron chi connectivity index (χ4n) is 5.91. The molecule has 0 aliphatic carbocycles. The van der Waals surface area contributed by atoms with Crippen molar-refractivity contribution in [3.63, 3.8) is 0 Å². The molecule has 6 rings (SSSR count). The van der Waals surface area contributed by atoms with E-state index in [1.54, 1.807) is 10.5 Å². The zero-order valence-electron chi connectivity index (χ0n) is 19.7. The van der Waals surface area contributed by atoms with Crippen molar-refractivity contribution in [3.8, 4) is 6.07 Å². The number of anilines is 2. The predicted molar refractivity (Wildman–Crippen MR) is 132 cm³/mol. The van der Waals surface area contributed by atoms with Crippen LogP contribution in [0.15, 0.2) is 24.4 Å². The van der Waals surface area contributed by atoms with E-state index in [-0.39, 0.29) is 30.2 Å². The minimum absolute atomic E-state index is 0.0293. The molecule has 4 aliphatic rings. The molecule has 2 bridgehead atoms. The fourth-order valence-corrected chi connectivity index (χ4v) is 8.05. The van der Waals surface area contributed by atoms with Crippen LogP contribution >= 0.6 is 0 Å². The Morgan fingerprint density at radius 1 is 1.14 bits per heavy atom. The molecule has 2 aromatic heterocycles. The number of hydrazine groups is 1. The van der Waals surface area contributed by atoms with Crippen molar-refractivity contribution in [3.05, 3.63) is 24.4 Å². The lowest BCUT2D eigenvalue weighted by molar-refractivity contribution is 0.182. The average molecular weight is 498 g/mol. The SMILES string of the molecule is CC1CC(Nc2cc3ncccc3c(NC3C[C@H]4CC[C@@H](C3)N4S(=O)(=O)N3CC(C#N)C3)n2)NN1. The van der Waals surface area contributed by atoms with E-state index in [1.807, 2.05) is 18.2 Å². The standard InChI is InChI=1S/C23H31N9O2S/c1-14-7-22(30-29-14)27-21-10-20-19(3-2-6-25-20)23(28-21)26-16-8-17-4-5-18(9-16)32(17)35(33,34)31-12-15(11-24)13-31/h2-3,6,10,14-18,22,29-30H,4-5,7-9,12-13H2,1H3,(H2,26,27,28)/t14?,16?,17-,18+,22?. The number of piperidine rings is 1. The largest absolute Gasteiger partial charge is 0.367 e. The third-order valence-corrected chi connectivity index (χ3v) is 9.72. The lowest BCUT2D eigenvalue weighted by Gasteiger charge is -2.44. The van der Waals surface area contributed by atoms with Gasteiger partial charge < -0.3 is 10.6 Å². The summed E-state index contributed by atoms with van der Waals surface area (Å²) < 4.78 is 29.7. The van der Waals surface area contributed by atoms with Gasteiger partial charge in [0, 0.05) is 54.9 Å². The molecule has 11 nitrogen and oxygen atoms in total. The molecule has 0 radical (unpaired) electrons. The van der Waals surface area contributed by atoms with Gasteiger partial charge in [-0.3, -0.25) is 10.4 Å². The molecule has 2 aromatic rings. The summed E-state index contributed by atoms with van der Waals surface area (Å²) in [6, 6.07) is 8.50. The van der Waals surface area contributed by atoms with Crippen molar-refractivity contribution >= 4 is 32.7 Å². The van der Waals surface area contributed by atoms with Gasteiger partial charge >= 0.3 is 0 Å². The lowest BCUT2D eigenvalue weighted by atomic mass is 9.99. The van der Waals surface area contributed by atoms with Crippen LogP contribution in [-0.2, 0) is 10.2 Å². The van der Waals surface area contributed by atoms with Crippen LogP contribution in [0.25, 0.3) is 10.9 Å². The maximum atomic E-state index is 13.2. The van der Waals surface area contributed by atoms with Crippen LogP contribution in [0, 0.1) is 17.2 Å². The van der Waals surface area contributed by atoms with Crippen molar-refractivity contribution in [2.45, 2.75) is 69.4 Å². The molecule has 35 heavy (non-hydrogen) atoms. The molecule has 0 spiro atoms. The Morgan fingerprint density at radius 2 is 1.91 bits per heavy atom. The predicted octanol–water partition coefficient (Wildman–Crippen LogP) is 1.36. The summed E-state index contributed by atoms with van der Waals surface area (Å²) in [6.07, 6.45) is 6.01. The van der Waals surface area contributed by atoms with E-state index in [1.165, 1.54) is 4.31 Å². The first-order valence-electron chi connectivity index (χ1n) is 12.4. The van der Waals surface area contributed by atoms with Gasteiger partial charge in [0.2, 0.25) is 0 Å². The second-order valence-electron chi connectivity index (χ2n) is 10.2. The summed E-state index contributed by atoms with van der Waals surface area (Å²) >= 11 is 0. The van der Waals surface area contributed by atoms with Crippen LogP contribution in [0.3, 0.4) is 0 Å². The normalized spacial score (nSPS) is 31.8. The number of nitriles is 1. The van der Waals surface area contributed by atoms with Gasteiger partial charge in [-0.2, -0.15) is 22.3 Å². The van der Waals surface area contributed by atoms with Crippen LogP contribution < -0.4 is 21.5 Å².